The Labute approximate surface area is 137 Å². The van der Waals surface area contributed by atoms with Crippen LogP contribution in [0.1, 0.15) is 31.4 Å². The number of nitrogens with zero attached hydrogens (tertiary/aromatic N) is 1. The number of terminal acetylenes is 1. The van der Waals surface area contributed by atoms with E-state index < -0.39 is 0 Å². The van der Waals surface area contributed by atoms with E-state index in [0.717, 1.165) is 18.1 Å². The second-order valence-corrected chi connectivity index (χ2v) is 4.74. The standard InChI is InChI=1S/C15H21N3O.HI/c1-2-10-16-15(18-13-6-3-4-7-13)17-11-9-14-8-5-12-19-14;/h1,5,8,12-13H,3-4,6-7,9-11H2,(H2,16,17,18);1H. The van der Waals surface area contributed by atoms with Crippen LogP contribution in [-0.4, -0.2) is 25.1 Å². The molecular weight excluding hydrogens is 365 g/mol. The van der Waals surface area contributed by atoms with Gasteiger partial charge in [0.25, 0.3) is 0 Å². The van der Waals surface area contributed by atoms with E-state index in [1.165, 1.54) is 25.7 Å². The van der Waals surface area contributed by atoms with Gasteiger partial charge in [-0.2, -0.15) is 0 Å². The lowest BCUT2D eigenvalue weighted by molar-refractivity contribution is 0.510. The molecule has 0 spiro atoms. The fourth-order valence-corrected chi connectivity index (χ4v) is 2.28. The van der Waals surface area contributed by atoms with Crippen molar-refractivity contribution in [2.45, 2.75) is 38.1 Å². The third-order valence-corrected chi connectivity index (χ3v) is 3.26. The molecule has 1 saturated carbocycles. The first-order valence-corrected chi connectivity index (χ1v) is 6.89. The number of aliphatic imine (C=N–C) groups is 1. The van der Waals surface area contributed by atoms with E-state index in [4.69, 9.17) is 10.8 Å². The van der Waals surface area contributed by atoms with Crippen molar-refractivity contribution in [3.63, 3.8) is 0 Å². The summed E-state index contributed by atoms with van der Waals surface area (Å²) >= 11 is 0. The summed E-state index contributed by atoms with van der Waals surface area (Å²) in [7, 11) is 0. The molecule has 2 N–H and O–H groups in total. The summed E-state index contributed by atoms with van der Waals surface area (Å²) < 4.78 is 5.29. The summed E-state index contributed by atoms with van der Waals surface area (Å²) in [5.41, 5.74) is 0. The predicted molar refractivity (Wildman–Crippen MR) is 92.4 cm³/mol. The van der Waals surface area contributed by atoms with Crippen LogP contribution in [0.25, 0.3) is 0 Å². The van der Waals surface area contributed by atoms with E-state index in [9.17, 15) is 0 Å². The molecule has 1 aliphatic rings. The molecule has 1 aromatic rings. The summed E-state index contributed by atoms with van der Waals surface area (Å²) in [6, 6.07) is 4.40. The van der Waals surface area contributed by atoms with Gasteiger partial charge in [-0.25, -0.2) is 0 Å². The van der Waals surface area contributed by atoms with Gasteiger partial charge in [-0.1, -0.05) is 18.8 Å². The number of guanidine groups is 1. The van der Waals surface area contributed by atoms with Gasteiger partial charge in [-0.05, 0) is 25.0 Å². The molecule has 0 saturated heterocycles. The molecule has 1 aliphatic carbocycles. The molecule has 5 heteroatoms. The second kappa shape index (κ2) is 9.70. The van der Waals surface area contributed by atoms with Crippen LogP contribution in [0, 0.1) is 12.3 Å². The van der Waals surface area contributed by atoms with Gasteiger partial charge in [0.2, 0.25) is 0 Å². The Bertz CT molecular complexity index is 430. The molecule has 0 unspecified atom stereocenters. The average Bonchev–Trinajstić information content (AvgIpc) is 3.08. The fraction of sp³-hybridized carbons (Fsp3) is 0.533. The Morgan fingerprint density at radius 1 is 1.45 bits per heavy atom. The molecule has 2 rings (SSSR count). The van der Waals surface area contributed by atoms with Crippen molar-refractivity contribution in [2.75, 3.05) is 13.1 Å². The molecule has 0 aromatic carbocycles. The van der Waals surface area contributed by atoms with Crippen molar-refractivity contribution in [1.29, 1.82) is 0 Å². The van der Waals surface area contributed by atoms with E-state index in [-0.39, 0.29) is 24.0 Å². The Balaban J connectivity index is 0.00000200. The van der Waals surface area contributed by atoms with Crippen molar-refractivity contribution < 1.29 is 4.42 Å². The summed E-state index contributed by atoms with van der Waals surface area (Å²) in [5.74, 6) is 4.35. The fourth-order valence-electron chi connectivity index (χ4n) is 2.28. The molecular formula is C15H22IN3O. The Morgan fingerprint density at radius 2 is 2.25 bits per heavy atom. The minimum atomic E-state index is 0. The molecule has 1 fully saturated rings. The molecule has 0 bridgehead atoms. The quantitative estimate of drug-likeness (QED) is 0.353. The van der Waals surface area contributed by atoms with Crippen molar-refractivity contribution >= 4 is 29.9 Å². The molecule has 0 amide bonds. The van der Waals surface area contributed by atoms with Crippen LogP contribution in [0.2, 0.25) is 0 Å². The van der Waals surface area contributed by atoms with E-state index >= 15 is 0 Å². The van der Waals surface area contributed by atoms with Crippen LogP contribution >= 0.6 is 24.0 Å². The van der Waals surface area contributed by atoms with Crippen LogP contribution in [0.15, 0.2) is 27.8 Å². The predicted octanol–water partition coefficient (Wildman–Crippen LogP) is 2.55. The summed E-state index contributed by atoms with van der Waals surface area (Å²) in [4.78, 5) is 4.54. The zero-order valence-corrected chi connectivity index (χ0v) is 13.9. The Hall–Kier alpha value is -1.16. The highest BCUT2D eigenvalue weighted by Gasteiger charge is 2.15. The van der Waals surface area contributed by atoms with Crippen molar-refractivity contribution in [3.05, 3.63) is 24.2 Å². The monoisotopic (exact) mass is 387 g/mol. The Kier molecular flexibility index (Phi) is 8.19. The number of hydrogen-bond acceptors (Lipinski definition) is 2. The first kappa shape index (κ1) is 16.9. The zero-order chi connectivity index (χ0) is 13.3. The van der Waals surface area contributed by atoms with E-state index in [0.29, 0.717) is 19.1 Å². The average molecular weight is 387 g/mol. The molecule has 1 heterocycles. The Morgan fingerprint density at radius 3 is 2.90 bits per heavy atom. The van der Waals surface area contributed by atoms with Gasteiger partial charge in [-0.15, -0.1) is 30.4 Å². The van der Waals surface area contributed by atoms with Gasteiger partial charge in [0.15, 0.2) is 5.96 Å². The maximum atomic E-state index is 5.29. The van der Waals surface area contributed by atoms with Crippen LogP contribution in [0.5, 0.6) is 0 Å². The van der Waals surface area contributed by atoms with Crippen LogP contribution in [0.4, 0.5) is 0 Å². The molecule has 20 heavy (non-hydrogen) atoms. The van der Waals surface area contributed by atoms with Gasteiger partial charge in [0.05, 0.1) is 12.8 Å². The van der Waals surface area contributed by atoms with Crippen LogP contribution < -0.4 is 10.6 Å². The lowest BCUT2D eigenvalue weighted by atomic mass is 10.2. The van der Waals surface area contributed by atoms with Crippen molar-refractivity contribution in [1.82, 2.24) is 10.6 Å². The third-order valence-electron chi connectivity index (χ3n) is 3.26. The third kappa shape index (κ3) is 5.87. The minimum Gasteiger partial charge on any atom is -0.469 e. The first-order chi connectivity index (χ1) is 9.38. The topological polar surface area (TPSA) is 49.6 Å². The van der Waals surface area contributed by atoms with Gasteiger partial charge < -0.3 is 15.1 Å². The highest BCUT2D eigenvalue weighted by atomic mass is 127. The number of furan rings is 1. The van der Waals surface area contributed by atoms with Gasteiger partial charge in [-0.3, -0.25) is 4.99 Å². The van der Waals surface area contributed by atoms with Crippen LogP contribution in [-0.2, 0) is 6.42 Å². The number of hydrogen-bond donors (Lipinski definition) is 2. The summed E-state index contributed by atoms with van der Waals surface area (Å²) in [5, 5.41) is 6.59. The van der Waals surface area contributed by atoms with E-state index in [2.05, 4.69) is 21.5 Å². The maximum Gasteiger partial charge on any atom is 0.192 e. The zero-order valence-electron chi connectivity index (χ0n) is 11.6. The summed E-state index contributed by atoms with van der Waals surface area (Å²) in [6.07, 6.45) is 12.8. The van der Waals surface area contributed by atoms with E-state index in [1.807, 2.05) is 12.1 Å². The smallest absolute Gasteiger partial charge is 0.192 e. The molecule has 0 aliphatic heterocycles. The van der Waals surface area contributed by atoms with Gasteiger partial charge in [0.1, 0.15) is 5.76 Å². The minimum absolute atomic E-state index is 0. The first-order valence-electron chi connectivity index (χ1n) is 6.89. The molecule has 4 nitrogen and oxygen atoms in total. The maximum absolute atomic E-state index is 5.29. The van der Waals surface area contributed by atoms with Crippen molar-refractivity contribution in [3.8, 4) is 12.3 Å². The van der Waals surface area contributed by atoms with E-state index in [1.54, 1.807) is 6.26 Å². The molecule has 0 radical (unpaired) electrons. The largest absolute Gasteiger partial charge is 0.469 e. The molecule has 1 aromatic heterocycles. The lowest BCUT2D eigenvalue weighted by Crippen LogP contribution is -2.42. The molecule has 0 atom stereocenters. The normalized spacial score (nSPS) is 15.4. The second-order valence-electron chi connectivity index (χ2n) is 4.74. The highest BCUT2D eigenvalue weighted by Crippen LogP contribution is 2.17. The lowest BCUT2D eigenvalue weighted by Gasteiger charge is -2.16. The molecule has 110 valence electrons. The highest BCUT2D eigenvalue weighted by molar-refractivity contribution is 14.0. The number of nitrogens with one attached hydrogen (secondary N) is 2. The SMILES string of the molecule is C#CCNC(=NCCc1ccco1)NC1CCCC1.I. The van der Waals surface area contributed by atoms with Crippen LogP contribution in [0.3, 0.4) is 0 Å². The number of halogens is 1. The van der Waals surface area contributed by atoms with Gasteiger partial charge in [0, 0.05) is 19.0 Å². The van der Waals surface area contributed by atoms with Gasteiger partial charge >= 0.3 is 0 Å². The van der Waals surface area contributed by atoms with Crippen molar-refractivity contribution in [2.24, 2.45) is 4.99 Å². The number of rotatable bonds is 5. The summed E-state index contributed by atoms with van der Waals surface area (Å²) in [6.45, 7) is 1.19.